The highest BCUT2D eigenvalue weighted by Gasteiger charge is 2.28. The van der Waals surface area contributed by atoms with E-state index < -0.39 is 0 Å². The van der Waals surface area contributed by atoms with Gasteiger partial charge in [-0.15, -0.1) is 5.10 Å². The van der Waals surface area contributed by atoms with Crippen LogP contribution in [0.1, 0.15) is 12.8 Å². The first-order chi connectivity index (χ1) is 8.29. The van der Waals surface area contributed by atoms with Gasteiger partial charge in [-0.25, -0.2) is 0 Å². The van der Waals surface area contributed by atoms with Crippen molar-refractivity contribution in [1.82, 2.24) is 25.4 Å². The molecule has 3 heterocycles. The van der Waals surface area contributed by atoms with Crippen LogP contribution in [0, 0.1) is 0 Å². The molecule has 7 nitrogen and oxygen atoms in total. The van der Waals surface area contributed by atoms with Gasteiger partial charge in [0, 0.05) is 6.54 Å². The minimum Gasteiger partial charge on any atom is -0.394 e. The molecule has 1 saturated heterocycles. The van der Waals surface area contributed by atoms with E-state index >= 15 is 0 Å². The Kier molecular flexibility index (Phi) is 2.56. The number of H-pyrrole nitrogens is 1. The number of hydrogen-bond acceptors (Lipinski definition) is 6. The average molecular weight is 255 g/mol. The Hall–Kier alpha value is -1.47. The van der Waals surface area contributed by atoms with E-state index in [1.807, 2.05) is 4.90 Å². The van der Waals surface area contributed by atoms with Gasteiger partial charge in [0.1, 0.15) is 0 Å². The Balaban J connectivity index is 2.12. The first-order valence-electron chi connectivity index (χ1n) is 5.41. The molecule has 0 amide bonds. The number of aliphatic hydroxyl groups excluding tert-OH is 1. The third kappa shape index (κ3) is 1.71. The molecule has 2 N–H and O–H groups in total. The normalized spacial score (nSPS) is 20.4. The summed E-state index contributed by atoms with van der Waals surface area (Å²) >= 11 is 5.86. The molecule has 1 aliphatic rings. The molecule has 0 aromatic carbocycles. The Morgan fingerprint density at radius 1 is 1.41 bits per heavy atom. The SMILES string of the molecule is OC[C@@H]1CCCN1c1nc(Cl)nc2n[nH]nc12. The lowest BCUT2D eigenvalue weighted by atomic mass is 10.2. The van der Waals surface area contributed by atoms with Gasteiger partial charge in [0.15, 0.2) is 11.3 Å². The first kappa shape index (κ1) is 10.7. The first-order valence-corrected chi connectivity index (χ1v) is 5.79. The molecule has 1 fully saturated rings. The van der Waals surface area contributed by atoms with E-state index in [-0.39, 0.29) is 17.9 Å². The maximum Gasteiger partial charge on any atom is 0.226 e. The Labute approximate surface area is 102 Å². The number of anilines is 1. The standard InChI is InChI=1S/C9H11ClN6O/c10-9-11-7-6(13-15-14-7)8(12-9)16-3-1-2-5(16)4-17/h5,17H,1-4H2,(H,11,12,13,14,15)/t5-/m0/s1. The molecule has 8 heteroatoms. The van der Waals surface area contributed by atoms with Gasteiger partial charge in [-0.1, -0.05) is 0 Å². The van der Waals surface area contributed by atoms with Gasteiger partial charge in [-0.3, -0.25) is 0 Å². The number of aromatic amines is 1. The van der Waals surface area contributed by atoms with E-state index in [0.29, 0.717) is 17.0 Å². The summed E-state index contributed by atoms with van der Waals surface area (Å²) in [6, 6.07) is 0.0702. The lowest BCUT2D eigenvalue weighted by molar-refractivity contribution is 0.266. The minimum atomic E-state index is 0.0702. The second-order valence-electron chi connectivity index (χ2n) is 3.98. The van der Waals surface area contributed by atoms with Crippen LogP contribution in [0.15, 0.2) is 0 Å². The highest BCUT2D eigenvalue weighted by Crippen LogP contribution is 2.28. The van der Waals surface area contributed by atoms with Crippen molar-refractivity contribution in [3.63, 3.8) is 0 Å². The molecule has 0 aliphatic carbocycles. The number of nitrogens with zero attached hydrogens (tertiary/aromatic N) is 5. The second kappa shape index (κ2) is 4.08. The lowest BCUT2D eigenvalue weighted by Crippen LogP contribution is -2.33. The van der Waals surface area contributed by atoms with Gasteiger partial charge in [0.05, 0.1) is 12.6 Å². The third-order valence-corrected chi connectivity index (χ3v) is 3.17. The highest BCUT2D eigenvalue weighted by atomic mass is 35.5. The number of rotatable bonds is 2. The van der Waals surface area contributed by atoms with Crippen LogP contribution < -0.4 is 4.90 Å². The topological polar surface area (TPSA) is 90.8 Å². The maximum atomic E-state index is 9.33. The van der Waals surface area contributed by atoms with Crippen molar-refractivity contribution >= 4 is 28.6 Å². The smallest absolute Gasteiger partial charge is 0.226 e. The summed E-state index contributed by atoms with van der Waals surface area (Å²) in [6.07, 6.45) is 1.96. The van der Waals surface area contributed by atoms with Crippen molar-refractivity contribution in [2.75, 3.05) is 18.1 Å². The summed E-state index contributed by atoms with van der Waals surface area (Å²) in [5, 5.41) is 19.9. The predicted molar refractivity (Wildman–Crippen MR) is 61.9 cm³/mol. The van der Waals surface area contributed by atoms with E-state index in [9.17, 15) is 5.11 Å². The zero-order chi connectivity index (χ0) is 11.8. The molecule has 1 aliphatic heterocycles. The molecule has 1 atom stereocenters. The Morgan fingerprint density at radius 3 is 3.12 bits per heavy atom. The number of halogens is 1. The van der Waals surface area contributed by atoms with Crippen molar-refractivity contribution in [3.05, 3.63) is 5.28 Å². The molecule has 0 radical (unpaired) electrons. The van der Waals surface area contributed by atoms with Crippen molar-refractivity contribution in [2.24, 2.45) is 0 Å². The summed E-state index contributed by atoms with van der Waals surface area (Å²) in [7, 11) is 0. The molecule has 0 bridgehead atoms. The van der Waals surface area contributed by atoms with Gasteiger partial charge in [-0.2, -0.15) is 20.3 Å². The van der Waals surface area contributed by atoms with Crippen molar-refractivity contribution in [3.8, 4) is 0 Å². The fourth-order valence-corrected chi connectivity index (χ4v) is 2.37. The fraction of sp³-hybridized carbons (Fsp3) is 0.556. The summed E-state index contributed by atoms with van der Waals surface area (Å²) in [6.45, 7) is 0.932. The van der Waals surface area contributed by atoms with Gasteiger partial charge in [0.2, 0.25) is 10.9 Å². The molecular formula is C9H11ClN6O. The summed E-state index contributed by atoms with van der Waals surface area (Å²) in [5.41, 5.74) is 1.04. The zero-order valence-corrected chi connectivity index (χ0v) is 9.72. The number of aliphatic hydroxyl groups is 1. The van der Waals surface area contributed by atoms with Gasteiger partial charge in [-0.05, 0) is 24.4 Å². The molecule has 3 rings (SSSR count). The third-order valence-electron chi connectivity index (χ3n) is 3.00. The molecular weight excluding hydrogens is 244 g/mol. The Morgan fingerprint density at radius 2 is 2.29 bits per heavy atom. The second-order valence-corrected chi connectivity index (χ2v) is 4.32. The van der Waals surface area contributed by atoms with Crippen LogP contribution in [0.25, 0.3) is 11.2 Å². The van der Waals surface area contributed by atoms with Crippen molar-refractivity contribution in [2.45, 2.75) is 18.9 Å². The molecule has 0 spiro atoms. The largest absolute Gasteiger partial charge is 0.394 e. The summed E-state index contributed by atoms with van der Waals surface area (Å²) < 4.78 is 0. The van der Waals surface area contributed by atoms with Crippen molar-refractivity contribution < 1.29 is 5.11 Å². The average Bonchev–Trinajstić information content (AvgIpc) is 2.95. The summed E-state index contributed by atoms with van der Waals surface area (Å²) in [4.78, 5) is 10.2. The van der Waals surface area contributed by atoms with Crippen LogP contribution in [0.5, 0.6) is 0 Å². The van der Waals surface area contributed by atoms with Crippen molar-refractivity contribution in [1.29, 1.82) is 0 Å². The van der Waals surface area contributed by atoms with E-state index in [1.54, 1.807) is 0 Å². The quantitative estimate of drug-likeness (QED) is 0.752. The van der Waals surface area contributed by atoms with Crippen LogP contribution in [0.4, 0.5) is 5.82 Å². The number of nitrogens with one attached hydrogen (secondary N) is 1. The van der Waals surface area contributed by atoms with Gasteiger partial charge in [0.25, 0.3) is 0 Å². The number of aromatic nitrogens is 5. The molecule has 0 unspecified atom stereocenters. The van der Waals surface area contributed by atoms with Crippen LogP contribution >= 0.6 is 11.6 Å². The van der Waals surface area contributed by atoms with Gasteiger partial charge < -0.3 is 10.0 Å². The zero-order valence-electron chi connectivity index (χ0n) is 8.97. The van der Waals surface area contributed by atoms with E-state index in [2.05, 4.69) is 25.4 Å². The minimum absolute atomic E-state index is 0.0702. The monoisotopic (exact) mass is 254 g/mol. The number of fused-ring (bicyclic) bond motifs is 1. The van der Waals surface area contributed by atoms with E-state index in [0.717, 1.165) is 19.4 Å². The molecule has 2 aromatic heterocycles. The molecule has 2 aromatic rings. The molecule has 17 heavy (non-hydrogen) atoms. The predicted octanol–water partition coefficient (Wildman–Crippen LogP) is 0.362. The fourth-order valence-electron chi connectivity index (χ4n) is 2.21. The van der Waals surface area contributed by atoms with Gasteiger partial charge >= 0.3 is 0 Å². The van der Waals surface area contributed by atoms with E-state index in [1.165, 1.54) is 0 Å². The van der Waals surface area contributed by atoms with Crippen LogP contribution in [0.3, 0.4) is 0 Å². The van der Waals surface area contributed by atoms with E-state index in [4.69, 9.17) is 11.6 Å². The van der Waals surface area contributed by atoms with Crippen LogP contribution in [-0.2, 0) is 0 Å². The highest BCUT2D eigenvalue weighted by molar-refractivity contribution is 6.28. The van der Waals surface area contributed by atoms with Crippen LogP contribution in [-0.4, -0.2) is 49.7 Å². The number of hydrogen-bond donors (Lipinski definition) is 2. The lowest BCUT2D eigenvalue weighted by Gasteiger charge is -2.23. The molecule has 0 saturated carbocycles. The Bertz CT molecular complexity index is 543. The van der Waals surface area contributed by atoms with Crippen LogP contribution in [0.2, 0.25) is 5.28 Å². The molecule has 90 valence electrons. The maximum absolute atomic E-state index is 9.33. The summed E-state index contributed by atoms with van der Waals surface area (Å²) in [5.74, 6) is 0.644.